The molecular weight excluding hydrogens is 212 g/mol. The van der Waals surface area contributed by atoms with Crippen molar-refractivity contribution in [1.29, 1.82) is 0 Å². The van der Waals surface area contributed by atoms with Gasteiger partial charge < -0.3 is 4.42 Å². The molecule has 0 saturated carbocycles. The van der Waals surface area contributed by atoms with Gasteiger partial charge in [0.1, 0.15) is 0 Å². The highest BCUT2D eigenvalue weighted by atomic mass is 16.4. The highest BCUT2D eigenvalue weighted by molar-refractivity contribution is 5.55. The van der Waals surface area contributed by atoms with Gasteiger partial charge >= 0.3 is 0 Å². The lowest BCUT2D eigenvalue weighted by Gasteiger charge is -2.15. The Morgan fingerprint density at radius 3 is 2.82 bits per heavy atom. The molecule has 0 spiro atoms. The van der Waals surface area contributed by atoms with E-state index in [4.69, 9.17) is 4.42 Å². The molecule has 1 aliphatic rings. The molecule has 1 saturated heterocycles. The molecule has 1 atom stereocenters. The minimum atomic E-state index is 0.354. The second-order valence-electron chi connectivity index (χ2n) is 4.57. The van der Waals surface area contributed by atoms with E-state index in [9.17, 15) is 0 Å². The van der Waals surface area contributed by atoms with Gasteiger partial charge in [-0.2, -0.15) is 0 Å². The maximum atomic E-state index is 5.87. The van der Waals surface area contributed by atoms with Gasteiger partial charge in [0, 0.05) is 5.56 Å². The Bertz CT molecular complexity index is 492. The molecule has 0 amide bonds. The number of oxazole rings is 1. The number of nitrogens with zero attached hydrogens (tertiary/aromatic N) is 2. The topological polar surface area (TPSA) is 29.3 Å². The Labute approximate surface area is 101 Å². The van der Waals surface area contributed by atoms with E-state index in [2.05, 4.69) is 16.9 Å². The van der Waals surface area contributed by atoms with Crippen molar-refractivity contribution >= 4 is 0 Å². The zero-order chi connectivity index (χ0) is 11.7. The number of hydrogen-bond acceptors (Lipinski definition) is 3. The van der Waals surface area contributed by atoms with Crippen molar-refractivity contribution in [2.24, 2.45) is 0 Å². The third-order valence-corrected chi connectivity index (χ3v) is 3.39. The van der Waals surface area contributed by atoms with Gasteiger partial charge in [0.25, 0.3) is 0 Å². The van der Waals surface area contributed by atoms with Crippen molar-refractivity contribution in [3.63, 3.8) is 0 Å². The third-order valence-electron chi connectivity index (χ3n) is 3.39. The molecule has 17 heavy (non-hydrogen) atoms. The summed E-state index contributed by atoms with van der Waals surface area (Å²) in [7, 11) is 2.13. The average molecular weight is 228 g/mol. The van der Waals surface area contributed by atoms with Crippen LogP contribution in [0.15, 0.2) is 40.9 Å². The van der Waals surface area contributed by atoms with Gasteiger partial charge in [-0.3, -0.25) is 4.90 Å². The summed E-state index contributed by atoms with van der Waals surface area (Å²) in [6, 6.07) is 10.5. The predicted octanol–water partition coefficient (Wildman–Crippen LogP) is 3.11. The fraction of sp³-hybridized carbons (Fsp3) is 0.357. The van der Waals surface area contributed by atoms with Crippen LogP contribution in [0.1, 0.15) is 24.8 Å². The first-order valence-electron chi connectivity index (χ1n) is 6.06. The lowest BCUT2D eigenvalue weighted by Crippen LogP contribution is -2.17. The summed E-state index contributed by atoms with van der Waals surface area (Å²) < 4.78 is 5.87. The number of likely N-dealkylation sites (tertiary alicyclic amines) is 1. The molecule has 2 aromatic rings. The summed E-state index contributed by atoms with van der Waals surface area (Å²) in [5, 5.41) is 0. The molecule has 88 valence electrons. The van der Waals surface area contributed by atoms with Gasteiger partial charge in [-0.15, -0.1) is 0 Å². The van der Waals surface area contributed by atoms with Crippen molar-refractivity contribution in [1.82, 2.24) is 9.88 Å². The van der Waals surface area contributed by atoms with Crippen LogP contribution in [-0.4, -0.2) is 23.5 Å². The molecule has 0 aliphatic carbocycles. The molecule has 1 aromatic carbocycles. The summed E-state index contributed by atoms with van der Waals surface area (Å²) >= 11 is 0. The minimum Gasteiger partial charge on any atom is -0.439 e. The minimum absolute atomic E-state index is 0.354. The Balaban J connectivity index is 1.88. The van der Waals surface area contributed by atoms with E-state index >= 15 is 0 Å². The van der Waals surface area contributed by atoms with Crippen molar-refractivity contribution in [3.8, 4) is 11.3 Å². The van der Waals surface area contributed by atoms with Crippen LogP contribution in [0, 0.1) is 0 Å². The van der Waals surface area contributed by atoms with Crippen LogP contribution in [0.2, 0.25) is 0 Å². The summed E-state index contributed by atoms with van der Waals surface area (Å²) in [5.41, 5.74) is 1.09. The Hall–Kier alpha value is -1.61. The summed E-state index contributed by atoms with van der Waals surface area (Å²) in [6.45, 7) is 1.13. The molecule has 0 N–H and O–H groups in total. The smallest absolute Gasteiger partial charge is 0.212 e. The second kappa shape index (κ2) is 4.34. The largest absolute Gasteiger partial charge is 0.439 e. The van der Waals surface area contributed by atoms with Crippen LogP contribution in [0.5, 0.6) is 0 Å². The Morgan fingerprint density at radius 2 is 2.12 bits per heavy atom. The van der Waals surface area contributed by atoms with E-state index < -0.39 is 0 Å². The summed E-state index contributed by atoms with van der Waals surface area (Å²) in [6.07, 6.45) is 4.20. The van der Waals surface area contributed by atoms with Gasteiger partial charge in [-0.25, -0.2) is 4.98 Å². The monoisotopic (exact) mass is 228 g/mol. The molecule has 1 aliphatic heterocycles. The van der Waals surface area contributed by atoms with Crippen molar-refractivity contribution in [2.75, 3.05) is 13.6 Å². The van der Waals surface area contributed by atoms with Crippen LogP contribution in [0.25, 0.3) is 11.3 Å². The number of hydrogen-bond donors (Lipinski definition) is 0. The molecule has 3 nitrogen and oxygen atoms in total. The molecule has 0 unspecified atom stereocenters. The fourth-order valence-corrected chi connectivity index (χ4v) is 2.40. The average Bonchev–Trinajstić information content (AvgIpc) is 2.98. The maximum Gasteiger partial charge on any atom is 0.212 e. The number of rotatable bonds is 2. The third kappa shape index (κ3) is 1.98. The van der Waals surface area contributed by atoms with E-state index in [1.54, 1.807) is 0 Å². The lowest BCUT2D eigenvalue weighted by atomic mass is 10.2. The van der Waals surface area contributed by atoms with Crippen LogP contribution in [0.4, 0.5) is 0 Å². The molecule has 3 rings (SSSR count). The first-order valence-corrected chi connectivity index (χ1v) is 6.06. The summed E-state index contributed by atoms with van der Waals surface area (Å²) in [5.74, 6) is 1.71. The number of benzene rings is 1. The normalized spacial score (nSPS) is 20.9. The highest BCUT2D eigenvalue weighted by Crippen LogP contribution is 2.31. The molecule has 1 fully saturated rings. The van der Waals surface area contributed by atoms with Crippen LogP contribution in [0.3, 0.4) is 0 Å². The summed E-state index contributed by atoms with van der Waals surface area (Å²) in [4.78, 5) is 6.72. The molecule has 2 heterocycles. The van der Waals surface area contributed by atoms with E-state index in [1.165, 1.54) is 6.42 Å². The van der Waals surface area contributed by atoms with E-state index in [0.717, 1.165) is 30.2 Å². The second-order valence-corrected chi connectivity index (χ2v) is 4.57. The van der Waals surface area contributed by atoms with Gasteiger partial charge in [0.2, 0.25) is 5.89 Å². The quantitative estimate of drug-likeness (QED) is 0.791. The number of aromatic nitrogens is 1. The van der Waals surface area contributed by atoms with Crippen molar-refractivity contribution in [2.45, 2.75) is 18.9 Å². The maximum absolute atomic E-state index is 5.87. The van der Waals surface area contributed by atoms with E-state index in [-0.39, 0.29) is 0 Å². The van der Waals surface area contributed by atoms with Crippen molar-refractivity contribution in [3.05, 3.63) is 42.4 Å². The highest BCUT2D eigenvalue weighted by Gasteiger charge is 2.26. The van der Waals surface area contributed by atoms with Gasteiger partial charge in [-0.1, -0.05) is 30.3 Å². The van der Waals surface area contributed by atoms with Crippen LogP contribution in [-0.2, 0) is 0 Å². The fourth-order valence-electron chi connectivity index (χ4n) is 2.40. The first kappa shape index (κ1) is 10.5. The van der Waals surface area contributed by atoms with Crippen LogP contribution < -0.4 is 0 Å². The molecule has 0 radical (unpaired) electrons. The van der Waals surface area contributed by atoms with E-state index in [0.29, 0.717) is 6.04 Å². The standard InChI is InChI=1S/C14H16N2O/c1-16-9-5-8-12(16)14-15-10-13(17-14)11-6-3-2-4-7-11/h2-4,6-7,10,12H,5,8-9H2,1H3/t12-/m0/s1. The Morgan fingerprint density at radius 1 is 1.29 bits per heavy atom. The molecular formula is C14H16N2O. The van der Waals surface area contributed by atoms with Gasteiger partial charge in [-0.05, 0) is 26.4 Å². The van der Waals surface area contributed by atoms with Gasteiger partial charge in [0.05, 0.1) is 12.2 Å². The predicted molar refractivity (Wildman–Crippen MR) is 66.5 cm³/mol. The van der Waals surface area contributed by atoms with Crippen molar-refractivity contribution < 1.29 is 4.42 Å². The zero-order valence-electron chi connectivity index (χ0n) is 9.97. The lowest BCUT2D eigenvalue weighted by molar-refractivity contribution is 0.269. The van der Waals surface area contributed by atoms with Crippen LogP contribution >= 0.6 is 0 Å². The first-order chi connectivity index (χ1) is 8.34. The SMILES string of the molecule is CN1CCC[C@H]1c1ncc(-c2ccccc2)o1. The molecule has 3 heteroatoms. The molecule has 0 bridgehead atoms. The zero-order valence-corrected chi connectivity index (χ0v) is 9.97. The Kier molecular flexibility index (Phi) is 2.69. The van der Waals surface area contributed by atoms with E-state index in [1.807, 2.05) is 36.5 Å². The molecule has 1 aromatic heterocycles. The van der Waals surface area contributed by atoms with Gasteiger partial charge in [0.15, 0.2) is 5.76 Å².